The van der Waals surface area contributed by atoms with Gasteiger partial charge in [-0.25, -0.2) is 0 Å². The summed E-state index contributed by atoms with van der Waals surface area (Å²) in [6.45, 7) is 1.85. The van der Waals surface area contributed by atoms with E-state index in [0.717, 1.165) is 5.56 Å². The molecule has 1 fully saturated rings. The molecule has 0 aromatic heterocycles. The van der Waals surface area contributed by atoms with E-state index in [2.05, 4.69) is 5.32 Å². The van der Waals surface area contributed by atoms with Crippen LogP contribution in [0.2, 0.25) is 20.1 Å². The molecule has 1 saturated carbocycles. The van der Waals surface area contributed by atoms with Crippen molar-refractivity contribution in [2.45, 2.75) is 17.2 Å². The summed E-state index contributed by atoms with van der Waals surface area (Å²) in [5.41, 5.74) is 2.14. The number of hydrogen-bond acceptors (Lipinski definition) is 1. The number of carbonyl (C=O) groups excluding carboxylic acids is 1. The average Bonchev–Trinajstić information content (AvgIpc) is 3.10. The summed E-state index contributed by atoms with van der Waals surface area (Å²) in [5, 5.41) is 4.25. The zero-order valence-corrected chi connectivity index (χ0v) is 17.3. The maximum absolute atomic E-state index is 12.6. The van der Waals surface area contributed by atoms with Crippen LogP contribution in [0.25, 0.3) is 0 Å². The SMILES string of the molecule is Cc1cc(NC(=O)C2C(c3cc(Cl)c(Cl)c(Cl)c3)C2(Cl)Cl)ccc1Cl. The molecule has 0 saturated heterocycles. The van der Waals surface area contributed by atoms with Crippen molar-refractivity contribution in [1.82, 2.24) is 0 Å². The number of benzene rings is 2. The monoisotopic (exact) mass is 455 g/mol. The molecule has 0 spiro atoms. The summed E-state index contributed by atoms with van der Waals surface area (Å²) in [7, 11) is 0. The Labute approximate surface area is 175 Å². The van der Waals surface area contributed by atoms with Gasteiger partial charge >= 0.3 is 0 Å². The largest absolute Gasteiger partial charge is 0.326 e. The zero-order valence-electron chi connectivity index (χ0n) is 12.7. The Morgan fingerprint density at radius 2 is 1.60 bits per heavy atom. The minimum absolute atomic E-state index is 0.250. The molecule has 8 heteroatoms. The second kappa shape index (κ2) is 6.99. The van der Waals surface area contributed by atoms with Crippen LogP contribution in [0.3, 0.4) is 0 Å². The highest BCUT2D eigenvalue weighted by Crippen LogP contribution is 2.65. The van der Waals surface area contributed by atoms with Crippen LogP contribution in [-0.2, 0) is 4.79 Å². The summed E-state index contributed by atoms with van der Waals surface area (Å²) in [6.07, 6.45) is 0. The van der Waals surface area contributed by atoms with E-state index < -0.39 is 16.2 Å². The summed E-state index contributed by atoms with van der Waals surface area (Å²) in [4.78, 5) is 12.6. The molecule has 0 aliphatic heterocycles. The van der Waals surface area contributed by atoms with Gasteiger partial charge in [0.25, 0.3) is 0 Å². The van der Waals surface area contributed by atoms with Crippen molar-refractivity contribution in [3.63, 3.8) is 0 Å². The molecule has 2 aromatic rings. The molecule has 2 aromatic carbocycles. The quantitative estimate of drug-likeness (QED) is 0.385. The number of rotatable bonds is 3. The van der Waals surface area contributed by atoms with Gasteiger partial charge in [0.05, 0.1) is 21.0 Å². The second-order valence-electron chi connectivity index (χ2n) is 5.88. The van der Waals surface area contributed by atoms with Gasteiger partial charge < -0.3 is 5.32 Å². The lowest BCUT2D eigenvalue weighted by atomic mass is 10.1. The fourth-order valence-corrected chi connectivity index (χ4v) is 4.32. The lowest BCUT2D eigenvalue weighted by molar-refractivity contribution is -0.117. The first-order valence-corrected chi connectivity index (χ1v) is 9.49. The standard InChI is InChI=1S/C17H11Cl6NO/c1-7-4-9(2-3-10(7)18)24-16(25)14-13(17(14,22)23)8-5-11(19)15(21)12(20)6-8/h2-6,13-14H,1H3,(H,24,25). The van der Waals surface area contributed by atoms with E-state index in [1.165, 1.54) is 0 Å². The van der Waals surface area contributed by atoms with Crippen molar-refractivity contribution < 1.29 is 4.79 Å². The Kier molecular flexibility index (Phi) is 5.43. The van der Waals surface area contributed by atoms with Gasteiger partial charge in [0, 0.05) is 16.6 Å². The van der Waals surface area contributed by atoms with Gasteiger partial charge in [-0.05, 0) is 48.4 Å². The van der Waals surface area contributed by atoms with Gasteiger partial charge in [-0.1, -0.05) is 46.4 Å². The molecule has 1 N–H and O–H groups in total. The molecule has 3 rings (SSSR count). The van der Waals surface area contributed by atoms with E-state index in [4.69, 9.17) is 69.6 Å². The molecule has 2 atom stereocenters. The van der Waals surface area contributed by atoms with Crippen LogP contribution in [0.1, 0.15) is 17.0 Å². The molecule has 0 bridgehead atoms. The van der Waals surface area contributed by atoms with Crippen LogP contribution in [0.4, 0.5) is 5.69 Å². The van der Waals surface area contributed by atoms with Crippen LogP contribution in [0.15, 0.2) is 30.3 Å². The normalized spacial score (nSPS) is 21.1. The lowest BCUT2D eigenvalue weighted by Gasteiger charge is -2.07. The number of alkyl halides is 2. The van der Waals surface area contributed by atoms with Crippen LogP contribution < -0.4 is 5.32 Å². The fraction of sp³-hybridized carbons (Fsp3) is 0.235. The predicted molar refractivity (Wildman–Crippen MR) is 107 cm³/mol. The molecule has 2 nitrogen and oxygen atoms in total. The molecular formula is C17H11Cl6NO. The van der Waals surface area contributed by atoms with Gasteiger partial charge in [0.15, 0.2) is 0 Å². The predicted octanol–water partition coefficient (Wildman–Crippen LogP) is 7.13. The first-order valence-electron chi connectivity index (χ1n) is 7.22. The van der Waals surface area contributed by atoms with E-state index in [0.29, 0.717) is 16.3 Å². The highest BCUT2D eigenvalue weighted by atomic mass is 35.5. The Morgan fingerprint density at radius 1 is 1.00 bits per heavy atom. The summed E-state index contributed by atoms with van der Waals surface area (Å²) >= 11 is 36.7. The number of halogens is 6. The van der Waals surface area contributed by atoms with Crippen LogP contribution >= 0.6 is 69.6 Å². The average molecular weight is 458 g/mol. The Morgan fingerprint density at radius 3 is 2.16 bits per heavy atom. The maximum atomic E-state index is 12.6. The van der Waals surface area contributed by atoms with E-state index >= 15 is 0 Å². The van der Waals surface area contributed by atoms with Gasteiger partial charge in [0.1, 0.15) is 4.33 Å². The van der Waals surface area contributed by atoms with Crippen LogP contribution in [-0.4, -0.2) is 10.2 Å². The van der Waals surface area contributed by atoms with Crippen molar-refractivity contribution in [3.8, 4) is 0 Å². The molecule has 1 aliphatic carbocycles. The first-order chi connectivity index (χ1) is 11.6. The second-order valence-corrected chi connectivity index (χ2v) is 8.93. The number of carbonyl (C=O) groups is 1. The van der Waals surface area contributed by atoms with Crippen molar-refractivity contribution in [2.75, 3.05) is 5.32 Å². The third-order valence-corrected chi connectivity index (χ3v) is 6.69. The van der Waals surface area contributed by atoms with Gasteiger partial charge in [0.2, 0.25) is 5.91 Å². The molecule has 25 heavy (non-hydrogen) atoms. The highest BCUT2D eigenvalue weighted by Gasteiger charge is 2.67. The third-order valence-electron chi connectivity index (χ3n) is 4.13. The Hall–Kier alpha value is -0.350. The number of nitrogens with one attached hydrogen (secondary N) is 1. The topological polar surface area (TPSA) is 29.1 Å². The van der Waals surface area contributed by atoms with Crippen LogP contribution in [0, 0.1) is 12.8 Å². The van der Waals surface area contributed by atoms with E-state index in [1.54, 1.807) is 30.3 Å². The zero-order chi connectivity index (χ0) is 18.5. The van der Waals surface area contributed by atoms with E-state index in [9.17, 15) is 4.79 Å². The fourth-order valence-electron chi connectivity index (χ4n) is 2.76. The third kappa shape index (κ3) is 3.71. The Bertz CT molecular complexity index is 843. The summed E-state index contributed by atoms with van der Waals surface area (Å²) in [5.74, 6) is -1.37. The number of hydrogen-bond donors (Lipinski definition) is 1. The molecule has 0 radical (unpaired) electrons. The van der Waals surface area contributed by atoms with Crippen LogP contribution in [0.5, 0.6) is 0 Å². The molecule has 1 amide bonds. The van der Waals surface area contributed by atoms with E-state index in [-0.39, 0.29) is 21.0 Å². The van der Waals surface area contributed by atoms with Gasteiger partial charge in [-0.3, -0.25) is 4.79 Å². The van der Waals surface area contributed by atoms with Crippen molar-refractivity contribution >= 4 is 81.2 Å². The minimum atomic E-state index is -1.24. The van der Waals surface area contributed by atoms with Crippen molar-refractivity contribution in [3.05, 3.63) is 61.5 Å². The number of aryl methyl sites for hydroxylation is 1. The maximum Gasteiger partial charge on any atom is 0.231 e. The lowest BCUT2D eigenvalue weighted by Crippen LogP contribution is -2.17. The molecule has 2 unspecified atom stereocenters. The summed E-state index contributed by atoms with van der Waals surface area (Å²) < 4.78 is -1.24. The minimum Gasteiger partial charge on any atom is -0.326 e. The van der Waals surface area contributed by atoms with Gasteiger partial charge in [-0.2, -0.15) is 0 Å². The molecule has 132 valence electrons. The first kappa shape index (κ1) is 19.4. The molecule has 1 aliphatic rings. The van der Waals surface area contributed by atoms with Gasteiger partial charge in [-0.15, -0.1) is 23.2 Å². The van der Waals surface area contributed by atoms with Crippen molar-refractivity contribution in [2.24, 2.45) is 5.92 Å². The molecule has 0 heterocycles. The molecular weight excluding hydrogens is 447 g/mol. The highest BCUT2D eigenvalue weighted by molar-refractivity contribution is 6.54. The van der Waals surface area contributed by atoms with E-state index in [1.807, 2.05) is 6.92 Å². The van der Waals surface area contributed by atoms with Crippen molar-refractivity contribution in [1.29, 1.82) is 0 Å². The Balaban J connectivity index is 1.83. The number of anilines is 1. The summed E-state index contributed by atoms with van der Waals surface area (Å²) in [6, 6.07) is 8.45. The number of amides is 1. The smallest absolute Gasteiger partial charge is 0.231 e.